The van der Waals surface area contributed by atoms with E-state index in [1.54, 1.807) is 6.07 Å². The lowest BCUT2D eigenvalue weighted by Crippen LogP contribution is -2.49. The number of rotatable bonds is 5. The van der Waals surface area contributed by atoms with Crippen LogP contribution in [0.5, 0.6) is 0 Å². The first-order valence-electron chi connectivity index (χ1n) is 7.34. The van der Waals surface area contributed by atoms with Gasteiger partial charge in [0.25, 0.3) is 0 Å². The average molecular weight is 312 g/mol. The number of nitrogens with one attached hydrogen (secondary N) is 1. The number of hydrogen-bond acceptors (Lipinski definition) is 4. The van der Waals surface area contributed by atoms with E-state index < -0.39 is 15.6 Å². The van der Waals surface area contributed by atoms with Crippen molar-refractivity contribution >= 4 is 10.0 Å². The summed E-state index contributed by atoms with van der Waals surface area (Å²) in [5, 5.41) is 0. The minimum absolute atomic E-state index is 0.331. The molecule has 0 unspecified atom stereocenters. The van der Waals surface area contributed by atoms with Crippen LogP contribution in [0.2, 0.25) is 0 Å². The number of hydrogen-bond donors (Lipinski definition) is 2. The molecule has 0 saturated carbocycles. The second-order valence-electron chi connectivity index (χ2n) is 5.78. The largest absolute Gasteiger partial charge is 0.381 e. The fraction of sp³-hybridized carbons (Fsp3) is 0.600. The van der Waals surface area contributed by atoms with Crippen LogP contribution in [-0.2, 0) is 27.7 Å². The Morgan fingerprint density at radius 2 is 2.00 bits per heavy atom. The molecule has 0 bridgehead atoms. The maximum atomic E-state index is 12.8. The lowest BCUT2D eigenvalue weighted by atomic mass is 9.94. The monoisotopic (exact) mass is 312 g/mol. The van der Waals surface area contributed by atoms with Gasteiger partial charge in [-0.1, -0.05) is 19.1 Å². The Morgan fingerprint density at radius 3 is 2.57 bits per heavy atom. The lowest BCUT2D eigenvalue weighted by molar-refractivity contribution is 0.0537. The standard InChI is InChI=1S/C15H24N2O3S/c1-3-13-5-4-12(11-16)10-14(13)21(18,19)17-15(2)6-8-20-9-7-15/h4-5,10,17H,3,6-9,11,16H2,1-2H3. The molecule has 0 radical (unpaired) electrons. The average Bonchev–Trinajstić information content (AvgIpc) is 2.46. The number of aryl methyl sites for hydroxylation is 1. The van der Waals surface area contributed by atoms with E-state index in [9.17, 15) is 8.42 Å². The smallest absolute Gasteiger partial charge is 0.241 e. The van der Waals surface area contributed by atoms with Gasteiger partial charge in [-0.3, -0.25) is 0 Å². The van der Waals surface area contributed by atoms with E-state index >= 15 is 0 Å². The Labute approximate surface area is 126 Å². The molecule has 0 atom stereocenters. The molecule has 21 heavy (non-hydrogen) atoms. The Morgan fingerprint density at radius 1 is 1.33 bits per heavy atom. The number of nitrogens with two attached hydrogens (primary N) is 1. The van der Waals surface area contributed by atoms with Crippen LogP contribution in [0.1, 0.15) is 37.8 Å². The summed E-state index contributed by atoms with van der Waals surface area (Å²) in [6.45, 7) is 5.39. The predicted molar refractivity (Wildman–Crippen MR) is 82.5 cm³/mol. The highest BCUT2D eigenvalue weighted by molar-refractivity contribution is 7.89. The zero-order valence-electron chi connectivity index (χ0n) is 12.7. The molecule has 0 amide bonds. The molecule has 1 aliphatic heterocycles. The summed E-state index contributed by atoms with van der Waals surface area (Å²) in [7, 11) is -3.55. The Kier molecular flexibility index (Phi) is 5.03. The SMILES string of the molecule is CCc1ccc(CN)cc1S(=O)(=O)NC1(C)CCOCC1. The summed E-state index contributed by atoms with van der Waals surface area (Å²) in [5.74, 6) is 0. The molecule has 5 nitrogen and oxygen atoms in total. The van der Waals surface area contributed by atoms with E-state index in [-0.39, 0.29) is 0 Å². The van der Waals surface area contributed by atoms with Crippen LogP contribution in [-0.4, -0.2) is 27.2 Å². The highest BCUT2D eigenvalue weighted by Gasteiger charge is 2.33. The second-order valence-corrected chi connectivity index (χ2v) is 7.43. The number of benzene rings is 1. The topological polar surface area (TPSA) is 81.4 Å². The third-order valence-corrected chi connectivity index (χ3v) is 5.74. The maximum Gasteiger partial charge on any atom is 0.241 e. The molecule has 1 fully saturated rings. The fourth-order valence-electron chi connectivity index (χ4n) is 2.57. The molecule has 0 aliphatic carbocycles. The molecule has 1 aromatic rings. The lowest BCUT2D eigenvalue weighted by Gasteiger charge is -2.34. The van der Waals surface area contributed by atoms with Crippen molar-refractivity contribution in [2.24, 2.45) is 5.73 Å². The zero-order valence-corrected chi connectivity index (χ0v) is 13.5. The van der Waals surface area contributed by atoms with Gasteiger partial charge in [-0.15, -0.1) is 0 Å². The summed E-state index contributed by atoms with van der Waals surface area (Å²) >= 11 is 0. The van der Waals surface area contributed by atoms with Crippen molar-refractivity contribution in [2.75, 3.05) is 13.2 Å². The van der Waals surface area contributed by atoms with Crippen molar-refractivity contribution in [3.05, 3.63) is 29.3 Å². The highest BCUT2D eigenvalue weighted by Crippen LogP contribution is 2.25. The highest BCUT2D eigenvalue weighted by atomic mass is 32.2. The van der Waals surface area contributed by atoms with E-state index in [1.165, 1.54) is 0 Å². The molecule has 0 aromatic heterocycles. The van der Waals surface area contributed by atoms with Gasteiger partial charge in [0.15, 0.2) is 0 Å². The number of sulfonamides is 1. The van der Waals surface area contributed by atoms with Crippen molar-refractivity contribution in [2.45, 2.75) is 50.1 Å². The normalized spacial score (nSPS) is 18.6. The van der Waals surface area contributed by atoms with Crippen LogP contribution >= 0.6 is 0 Å². The van der Waals surface area contributed by atoms with Crippen molar-refractivity contribution in [3.8, 4) is 0 Å². The molecule has 0 spiro atoms. The van der Waals surface area contributed by atoms with Gasteiger partial charge in [-0.2, -0.15) is 0 Å². The predicted octanol–water partition coefficient (Wildman–Crippen LogP) is 1.56. The molecular weight excluding hydrogens is 288 g/mol. The molecule has 1 heterocycles. The third-order valence-electron chi connectivity index (χ3n) is 4.01. The van der Waals surface area contributed by atoms with E-state index in [4.69, 9.17) is 10.5 Å². The number of ether oxygens (including phenoxy) is 1. The Hall–Kier alpha value is -0.950. The molecule has 1 aromatic carbocycles. The van der Waals surface area contributed by atoms with Crippen molar-refractivity contribution < 1.29 is 13.2 Å². The fourth-order valence-corrected chi connectivity index (χ4v) is 4.40. The van der Waals surface area contributed by atoms with Crippen molar-refractivity contribution in [3.63, 3.8) is 0 Å². The molecule has 118 valence electrons. The first-order chi connectivity index (χ1) is 9.90. The van der Waals surface area contributed by atoms with Crippen LogP contribution in [0.15, 0.2) is 23.1 Å². The minimum atomic E-state index is -3.55. The van der Waals surface area contributed by atoms with Gasteiger partial charge >= 0.3 is 0 Å². The van der Waals surface area contributed by atoms with E-state index in [1.807, 2.05) is 26.0 Å². The molecule has 6 heteroatoms. The van der Waals surface area contributed by atoms with Crippen LogP contribution in [0.3, 0.4) is 0 Å². The van der Waals surface area contributed by atoms with Crippen molar-refractivity contribution in [1.29, 1.82) is 0 Å². The first-order valence-corrected chi connectivity index (χ1v) is 8.82. The molecule has 1 saturated heterocycles. The quantitative estimate of drug-likeness (QED) is 0.864. The Bertz CT molecular complexity index is 593. The maximum absolute atomic E-state index is 12.8. The second kappa shape index (κ2) is 6.44. The molecular formula is C15H24N2O3S. The minimum Gasteiger partial charge on any atom is -0.381 e. The molecule has 3 N–H and O–H groups in total. The summed E-state index contributed by atoms with van der Waals surface area (Å²) in [5.41, 5.74) is 6.83. The van der Waals surface area contributed by atoms with Gasteiger partial charge in [0.2, 0.25) is 10.0 Å². The van der Waals surface area contributed by atoms with Gasteiger partial charge in [0, 0.05) is 25.3 Å². The van der Waals surface area contributed by atoms with Crippen LogP contribution in [0, 0.1) is 0 Å². The molecule has 2 rings (SSSR count). The first kappa shape index (κ1) is 16.4. The van der Waals surface area contributed by atoms with Gasteiger partial charge in [0.1, 0.15) is 0 Å². The van der Waals surface area contributed by atoms with Gasteiger partial charge < -0.3 is 10.5 Å². The Balaban J connectivity index is 2.34. The van der Waals surface area contributed by atoms with Crippen LogP contribution in [0.25, 0.3) is 0 Å². The summed E-state index contributed by atoms with van der Waals surface area (Å²) in [6, 6.07) is 5.42. The summed E-state index contributed by atoms with van der Waals surface area (Å²) in [6.07, 6.45) is 2.04. The van der Waals surface area contributed by atoms with E-state index in [0.29, 0.717) is 43.9 Å². The van der Waals surface area contributed by atoms with E-state index in [0.717, 1.165) is 11.1 Å². The van der Waals surface area contributed by atoms with Gasteiger partial charge in [-0.05, 0) is 43.4 Å². The zero-order chi connectivity index (χ0) is 15.5. The van der Waals surface area contributed by atoms with E-state index in [2.05, 4.69) is 4.72 Å². The molecule has 1 aliphatic rings. The van der Waals surface area contributed by atoms with Crippen molar-refractivity contribution in [1.82, 2.24) is 4.72 Å². The third kappa shape index (κ3) is 3.83. The van der Waals surface area contributed by atoms with Gasteiger partial charge in [-0.25, -0.2) is 13.1 Å². The summed E-state index contributed by atoms with van der Waals surface area (Å²) in [4.78, 5) is 0.348. The van der Waals surface area contributed by atoms with Crippen LogP contribution in [0.4, 0.5) is 0 Å². The van der Waals surface area contributed by atoms with Crippen LogP contribution < -0.4 is 10.5 Å². The van der Waals surface area contributed by atoms with Gasteiger partial charge in [0.05, 0.1) is 4.90 Å². The summed E-state index contributed by atoms with van der Waals surface area (Å²) < 4.78 is 33.7.